The SMILES string of the molecule is CCN(Cc1cc(CNC)sc1C)C(C)COC. The number of hydrogen-bond donors (Lipinski definition) is 1. The second-order valence-electron chi connectivity index (χ2n) is 4.69. The lowest BCUT2D eigenvalue weighted by Crippen LogP contribution is -2.35. The Morgan fingerprint density at radius 2 is 2.22 bits per heavy atom. The van der Waals surface area contributed by atoms with E-state index >= 15 is 0 Å². The van der Waals surface area contributed by atoms with Crippen LogP contribution in [0.1, 0.15) is 29.2 Å². The first-order valence-electron chi connectivity index (χ1n) is 6.58. The van der Waals surface area contributed by atoms with Gasteiger partial charge in [0.2, 0.25) is 0 Å². The average molecular weight is 270 g/mol. The van der Waals surface area contributed by atoms with Crippen molar-refractivity contribution in [3.05, 3.63) is 21.4 Å². The van der Waals surface area contributed by atoms with Crippen molar-refractivity contribution in [2.24, 2.45) is 0 Å². The summed E-state index contributed by atoms with van der Waals surface area (Å²) in [6.07, 6.45) is 0. The number of hydrogen-bond acceptors (Lipinski definition) is 4. The molecular weight excluding hydrogens is 244 g/mol. The van der Waals surface area contributed by atoms with Crippen LogP contribution in [0.4, 0.5) is 0 Å². The van der Waals surface area contributed by atoms with Crippen molar-refractivity contribution in [2.45, 2.75) is 39.9 Å². The van der Waals surface area contributed by atoms with Gasteiger partial charge in [0.1, 0.15) is 0 Å². The number of ether oxygens (including phenoxy) is 1. The minimum atomic E-state index is 0.465. The molecule has 0 saturated carbocycles. The van der Waals surface area contributed by atoms with Gasteiger partial charge < -0.3 is 10.1 Å². The van der Waals surface area contributed by atoms with Crippen molar-refractivity contribution in [3.63, 3.8) is 0 Å². The van der Waals surface area contributed by atoms with Gasteiger partial charge in [-0.3, -0.25) is 4.90 Å². The number of aryl methyl sites for hydroxylation is 1. The predicted molar refractivity (Wildman–Crippen MR) is 79.2 cm³/mol. The predicted octanol–water partition coefficient (Wildman–Crippen LogP) is 2.63. The van der Waals surface area contributed by atoms with Crippen LogP contribution >= 0.6 is 11.3 Å². The molecular formula is C14H26N2OS. The van der Waals surface area contributed by atoms with Crippen LogP contribution in [0.5, 0.6) is 0 Å². The van der Waals surface area contributed by atoms with E-state index in [0.29, 0.717) is 6.04 Å². The number of nitrogens with one attached hydrogen (secondary N) is 1. The summed E-state index contributed by atoms with van der Waals surface area (Å²) in [4.78, 5) is 5.31. The number of methoxy groups -OCH3 is 1. The van der Waals surface area contributed by atoms with E-state index in [1.807, 2.05) is 18.4 Å². The summed E-state index contributed by atoms with van der Waals surface area (Å²) in [5.74, 6) is 0. The molecule has 1 aromatic rings. The fraction of sp³-hybridized carbons (Fsp3) is 0.714. The van der Waals surface area contributed by atoms with Crippen molar-refractivity contribution in [3.8, 4) is 0 Å². The molecule has 0 radical (unpaired) electrons. The zero-order valence-corrected chi connectivity index (χ0v) is 13.1. The van der Waals surface area contributed by atoms with Crippen molar-refractivity contribution in [2.75, 3.05) is 27.3 Å². The van der Waals surface area contributed by atoms with Crippen LogP contribution < -0.4 is 5.32 Å². The molecule has 0 spiro atoms. The van der Waals surface area contributed by atoms with Gasteiger partial charge in [0, 0.05) is 36.0 Å². The van der Waals surface area contributed by atoms with Gasteiger partial charge >= 0.3 is 0 Å². The van der Waals surface area contributed by atoms with Crippen LogP contribution in [0.25, 0.3) is 0 Å². The molecule has 1 atom stereocenters. The van der Waals surface area contributed by atoms with Gasteiger partial charge in [0.15, 0.2) is 0 Å². The van der Waals surface area contributed by atoms with E-state index in [1.54, 1.807) is 7.11 Å². The third kappa shape index (κ3) is 4.35. The first-order valence-corrected chi connectivity index (χ1v) is 7.39. The Labute approximate surface area is 115 Å². The fourth-order valence-electron chi connectivity index (χ4n) is 2.15. The molecule has 104 valence electrons. The van der Waals surface area contributed by atoms with Crippen LogP contribution in [-0.4, -0.2) is 38.3 Å². The topological polar surface area (TPSA) is 24.5 Å². The van der Waals surface area contributed by atoms with E-state index in [1.165, 1.54) is 15.3 Å². The second-order valence-corrected chi connectivity index (χ2v) is 6.03. The highest BCUT2D eigenvalue weighted by Gasteiger charge is 2.14. The van der Waals surface area contributed by atoms with Crippen molar-refractivity contribution in [1.82, 2.24) is 10.2 Å². The highest BCUT2D eigenvalue weighted by atomic mass is 32.1. The maximum Gasteiger partial charge on any atom is 0.0615 e. The lowest BCUT2D eigenvalue weighted by atomic mass is 10.2. The maximum absolute atomic E-state index is 5.25. The summed E-state index contributed by atoms with van der Waals surface area (Å²) in [7, 11) is 3.76. The minimum absolute atomic E-state index is 0.465. The van der Waals surface area contributed by atoms with Gasteiger partial charge in [-0.25, -0.2) is 0 Å². The average Bonchev–Trinajstić information content (AvgIpc) is 2.67. The summed E-state index contributed by atoms with van der Waals surface area (Å²) < 4.78 is 5.25. The van der Waals surface area contributed by atoms with Crippen LogP contribution in [0.15, 0.2) is 6.07 Å². The normalized spacial score (nSPS) is 13.2. The molecule has 1 aromatic heterocycles. The third-order valence-electron chi connectivity index (χ3n) is 3.23. The Bertz CT molecular complexity index is 352. The monoisotopic (exact) mass is 270 g/mol. The molecule has 0 aliphatic rings. The van der Waals surface area contributed by atoms with Crippen molar-refractivity contribution >= 4 is 11.3 Å². The van der Waals surface area contributed by atoms with Gasteiger partial charge in [0.05, 0.1) is 6.61 Å². The molecule has 0 bridgehead atoms. The van der Waals surface area contributed by atoms with Crippen molar-refractivity contribution < 1.29 is 4.74 Å². The van der Waals surface area contributed by atoms with Gasteiger partial charge in [-0.05, 0) is 39.1 Å². The molecule has 1 heterocycles. The smallest absolute Gasteiger partial charge is 0.0615 e. The first-order chi connectivity index (χ1) is 8.62. The molecule has 0 aromatic carbocycles. The van der Waals surface area contributed by atoms with Crippen LogP contribution in [0, 0.1) is 6.92 Å². The van der Waals surface area contributed by atoms with E-state index in [-0.39, 0.29) is 0 Å². The van der Waals surface area contributed by atoms with Gasteiger partial charge in [-0.2, -0.15) is 0 Å². The zero-order valence-electron chi connectivity index (χ0n) is 12.2. The molecule has 4 heteroatoms. The molecule has 0 aliphatic heterocycles. The van der Waals surface area contributed by atoms with E-state index < -0.39 is 0 Å². The summed E-state index contributed by atoms with van der Waals surface area (Å²) in [6, 6.07) is 2.80. The van der Waals surface area contributed by atoms with Gasteiger partial charge in [0.25, 0.3) is 0 Å². The molecule has 1 N–H and O–H groups in total. The maximum atomic E-state index is 5.25. The van der Waals surface area contributed by atoms with E-state index in [4.69, 9.17) is 4.74 Å². The number of rotatable bonds is 8. The molecule has 0 amide bonds. The highest BCUT2D eigenvalue weighted by Crippen LogP contribution is 2.23. The molecule has 0 saturated heterocycles. The molecule has 3 nitrogen and oxygen atoms in total. The summed E-state index contributed by atoms with van der Waals surface area (Å²) in [5.41, 5.74) is 1.45. The zero-order chi connectivity index (χ0) is 13.5. The number of nitrogens with zero attached hydrogens (tertiary/aromatic N) is 1. The Balaban J connectivity index is 2.68. The summed E-state index contributed by atoms with van der Waals surface area (Å²) >= 11 is 1.90. The standard InChI is InChI=1S/C14H26N2OS/c1-6-16(11(2)10-17-5)9-13-7-14(8-15-4)18-12(13)3/h7,11,15H,6,8-10H2,1-5H3. The second kappa shape index (κ2) is 7.89. The highest BCUT2D eigenvalue weighted by molar-refractivity contribution is 7.12. The Kier molecular flexibility index (Phi) is 6.86. The Morgan fingerprint density at radius 1 is 1.50 bits per heavy atom. The van der Waals surface area contributed by atoms with Crippen LogP contribution in [-0.2, 0) is 17.8 Å². The molecule has 0 fully saturated rings. The number of likely N-dealkylation sites (N-methyl/N-ethyl adjacent to an activating group) is 1. The largest absolute Gasteiger partial charge is 0.383 e. The molecule has 18 heavy (non-hydrogen) atoms. The third-order valence-corrected chi connectivity index (χ3v) is 4.33. The quantitative estimate of drug-likeness (QED) is 0.786. The van der Waals surface area contributed by atoms with E-state index in [9.17, 15) is 0 Å². The van der Waals surface area contributed by atoms with Crippen LogP contribution in [0.3, 0.4) is 0 Å². The van der Waals surface area contributed by atoms with E-state index in [0.717, 1.165) is 26.2 Å². The molecule has 1 unspecified atom stereocenters. The fourth-order valence-corrected chi connectivity index (χ4v) is 3.22. The Hall–Kier alpha value is -0.420. The van der Waals surface area contributed by atoms with Crippen molar-refractivity contribution in [1.29, 1.82) is 0 Å². The van der Waals surface area contributed by atoms with E-state index in [2.05, 4.69) is 37.1 Å². The lowest BCUT2D eigenvalue weighted by Gasteiger charge is -2.27. The summed E-state index contributed by atoms with van der Waals surface area (Å²) in [6.45, 7) is 10.5. The molecule has 1 rings (SSSR count). The summed E-state index contributed by atoms with van der Waals surface area (Å²) in [5, 5.41) is 3.21. The lowest BCUT2D eigenvalue weighted by molar-refractivity contribution is 0.0981. The number of thiophene rings is 1. The van der Waals surface area contributed by atoms with Gasteiger partial charge in [-0.1, -0.05) is 6.92 Å². The van der Waals surface area contributed by atoms with Gasteiger partial charge in [-0.15, -0.1) is 11.3 Å². The minimum Gasteiger partial charge on any atom is -0.383 e. The van der Waals surface area contributed by atoms with Crippen LogP contribution in [0.2, 0.25) is 0 Å². The first kappa shape index (κ1) is 15.6. The Morgan fingerprint density at radius 3 is 2.78 bits per heavy atom. The molecule has 0 aliphatic carbocycles.